The van der Waals surface area contributed by atoms with Gasteiger partial charge in [0.05, 0.1) is 16.3 Å². The molecule has 2 aromatic carbocycles. The van der Waals surface area contributed by atoms with Crippen molar-refractivity contribution >= 4 is 34.8 Å². The highest BCUT2D eigenvalue weighted by Gasteiger charge is 2.31. The first-order valence-electron chi connectivity index (χ1n) is 8.99. The molecule has 1 heterocycles. The van der Waals surface area contributed by atoms with Crippen LogP contribution in [0.5, 0.6) is 0 Å². The minimum absolute atomic E-state index is 0.0889. The van der Waals surface area contributed by atoms with E-state index < -0.39 is 22.8 Å². The maximum atomic E-state index is 13.1. The number of nitro benzene ring substituents is 1. The van der Waals surface area contributed by atoms with Crippen molar-refractivity contribution < 1.29 is 19.3 Å². The first-order valence-corrected chi connectivity index (χ1v) is 8.99. The molecule has 29 heavy (non-hydrogen) atoms. The zero-order chi connectivity index (χ0) is 21.1. The second kappa shape index (κ2) is 8.09. The molecule has 150 valence electrons. The fourth-order valence-corrected chi connectivity index (χ4v) is 3.34. The molecule has 0 spiro atoms. The van der Waals surface area contributed by atoms with E-state index in [4.69, 9.17) is 0 Å². The quantitative estimate of drug-likeness (QED) is 0.630. The number of anilines is 2. The zero-order valence-corrected chi connectivity index (χ0v) is 16.0. The number of fused-ring (bicyclic) bond motifs is 1. The van der Waals surface area contributed by atoms with Crippen molar-refractivity contribution in [1.82, 2.24) is 4.90 Å². The Bertz CT molecular complexity index is 990. The zero-order valence-electron chi connectivity index (χ0n) is 16.0. The van der Waals surface area contributed by atoms with E-state index in [0.717, 1.165) is 4.90 Å². The number of rotatable bonds is 4. The molecule has 9 nitrogen and oxygen atoms in total. The van der Waals surface area contributed by atoms with Crippen molar-refractivity contribution in [2.75, 3.05) is 23.8 Å². The van der Waals surface area contributed by atoms with E-state index >= 15 is 0 Å². The molecule has 3 rings (SSSR count). The maximum absolute atomic E-state index is 13.1. The van der Waals surface area contributed by atoms with E-state index in [9.17, 15) is 24.5 Å². The summed E-state index contributed by atoms with van der Waals surface area (Å²) in [6.45, 7) is 1.46. The molecule has 1 unspecified atom stereocenters. The fourth-order valence-electron chi connectivity index (χ4n) is 3.34. The molecule has 1 N–H and O–H groups in total. The van der Waals surface area contributed by atoms with Gasteiger partial charge in [-0.15, -0.1) is 0 Å². The smallest absolute Gasteiger partial charge is 0.282 e. The first kappa shape index (κ1) is 20.0. The average molecular weight is 396 g/mol. The molecule has 1 atom stereocenters. The highest BCUT2D eigenvalue weighted by atomic mass is 16.6. The van der Waals surface area contributed by atoms with Crippen LogP contribution < -0.4 is 10.2 Å². The van der Waals surface area contributed by atoms with E-state index in [1.54, 1.807) is 31.2 Å². The van der Waals surface area contributed by atoms with Gasteiger partial charge in [0.15, 0.2) is 0 Å². The van der Waals surface area contributed by atoms with Crippen LogP contribution >= 0.6 is 0 Å². The van der Waals surface area contributed by atoms with E-state index in [-0.39, 0.29) is 30.1 Å². The number of nitro groups is 1. The van der Waals surface area contributed by atoms with Gasteiger partial charge in [-0.2, -0.15) is 0 Å². The third kappa shape index (κ3) is 4.08. The van der Waals surface area contributed by atoms with E-state index in [0.29, 0.717) is 11.4 Å². The van der Waals surface area contributed by atoms with Crippen LogP contribution in [0.4, 0.5) is 17.1 Å². The SMILES string of the molecule is CC1CC(=O)Nc2ccccc2N1C(=O)CN(C)C(=O)c1ccccc1[N+](=O)[O-]. The number of nitrogens with one attached hydrogen (secondary N) is 1. The van der Waals surface area contributed by atoms with Crippen LogP contribution in [-0.2, 0) is 9.59 Å². The summed E-state index contributed by atoms with van der Waals surface area (Å²) in [4.78, 5) is 51.0. The third-order valence-electron chi connectivity index (χ3n) is 4.68. The van der Waals surface area contributed by atoms with Crippen LogP contribution in [0.25, 0.3) is 0 Å². The second-order valence-electron chi connectivity index (χ2n) is 6.82. The predicted octanol–water partition coefficient (Wildman–Crippen LogP) is 2.43. The minimum Gasteiger partial charge on any atom is -0.332 e. The normalized spacial score (nSPS) is 15.7. The molecule has 2 aromatic rings. The highest BCUT2D eigenvalue weighted by molar-refractivity contribution is 6.06. The average Bonchev–Trinajstić information content (AvgIpc) is 2.81. The maximum Gasteiger partial charge on any atom is 0.282 e. The number of carbonyl (C=O) groups excluding carboxylic acids is 3. The van der Waals surface area contributed by atoms with Gasteiger partial charge in [-0.25, -0.2) is 0 Å². The predicted molar refractivity (Wildman–Crippen MR) is 107 cm³/mol. The highest BCUT2D eigenvalue weighted by Crippen LogP contribution is 2.31. The summed E-state index contributed by atoms with van der Waals surface area (Å²) in [5, 5.41) is 14.0. The second-order valence-corrected chi connectivity index (χ2v) is 6.82. The molecule has 1 aliphatic heterocycles. The van der Waals surface area contributed by atoms with Gasteiger partial charge in [-0.05, 0) is 25.1 Å². The third-order valence-corrected chi connectivity index (χ3v) is 4.68. The number of hydrogen-bond acceptors (Lipinski definition) is 5. The summed E-state index contributed by atoms with van der Waals surface area (Å²) in [5.74, 6) is -1.23. The van der Waals surface area contributed by atoms with Crippen LogP contribution in [0, 0.1) is 10.1 Å². The van der Waals surface area contributed by atoms with Gasteiger partial charge in [-0.3, -0.25) is 24.5 Å². The Kier molecular flexibility index (Phi) is 5.58. The Morgan fingerprint density at radius 3 is 2.59 bits per heavy atom. The lowest BCUT2D eigenvalue weighted by Gasteiger charge is -2.29. The van der Waals surface area contributed by atoms with E-state index in [2.05, 4.69) is 5.32 Å². The lowest BCUT2D eigenvalue weighted by atomic mass is 10.1. The van der Waals surface area contributed by atoms with Crippen LogP contribution in [0.1, 0.15) is 23.7 Å². The molecule has 0 bridgehead atoms. The Labute approximate surface area is 167 Å². The Balaban J connectivity index is 1.85. The van der Waals surface area contributed by atoms with Crippen molar-refractivity contribution in [2.24, 2.45) is 0 Å². The van der Waals surface area contributed by atoms with Gasteiger partial charge >= 0.3 is 0 Å². The number of para-hydroxylation sites is 3. The van der Waals surface area contributed by atoms with Gasteiger partial charge in [0.1, 0.15) is 12.1 Å². The Morgan fingerprint density at radius 1 is 1.21 bits per heavy atom. The Morgan fingerprint density at radius 2 is 1.86 bits per heavy atom. The monoisotopic (exact) mass is 396 g/mol. The lowest BCUT2D eigenvalue weighted by molar-refractivity contribution is -0.385. The van der Waals surface area contributed by atoms with Gasteiger partial charge in [0.2, 0.25) is 11.8 Å². The number of carbonyl (C=O) groups is 3. The van der Waals surface area contributed by atoms with Crippen LogP contribution in [-0.4, -0.2) is 47.2 Å². The standard InChI is InChI=1S/C20H20N4O5/c1-13-11-18(25)21-15-8-4-6-10-17(15)23(13)19(26)12-22(2)20(27)14-7-3-5-9-16(14)24(28)29/h3-10,13H,11-12H2,1-2H3,(H,21,25). The topological polar surface area (TPSA) is 113 Å². The van der Waals surface area contributed by atoms with E-state index in [1.165, 1.54) is 36.2 Å². The van der Waals surface area contributed by atoms with Crippen molar-refractivity contribution in [1.29, 1.82) is 0 Å². The summed E-state index contributed by atoms with van der Waals surface area (Å²) in [6.07, 6.45) is 0.113. The number of likely N-dealkylation sites (N-methyl/N-ethyl adjacent to an activating group) is 1. The molecule has 0 fully saturated rings. The van der Waals surface area contributed by atoms with Gasteiger partial charge in [-0.1, -0.05) is 24.3 Å². The lowest BCUT2D eigenvalue weighted by Crippen LogP contribution is -2.45. The number of hydrogen-bond donors (Lipinski definition) is 1. The van der Waals surface area contributed by atoms with Gasteiger partial charge < -0.3 is 15.1 Å². The first-order chi connectivity index (χ1) is 13.8. The molecule has 3 amide bonds. The van der Waals surface area contributed by atoms with Crippen molar-refractivity contribution in [2.45, 2.75) is 19.4 Å². The van der Waals surface area contributed by atoms with E-state index in [1.807, 2.05) is 0 Å². The summed E-state index contributed by atoms with van der Waals surface area (Å²) < 4.78 is 0. The summed E-state index contributed by atoms with van der Waals surface area (Å²) in [6, 6.07) is 12.1. The molecule has 0 saturated heterocycles. The molecule has 0 saturated carbocycles. The molecule has 1 aliphatic rings. The van der Waals surface area contributed by atoms with Crippen molar-refractivity contribution in [3.05, 3.63) is 64.2 Å². The number of nitrogens with zero attached hydrogens (tertiary/aromatic N) is 3. The fraction of sp³-hybridized carbons (Fsp3) is 0.250. The van der Waals surface area contributed by atoms with Crippen LogP contribution in [0.15, 0.2) is 48.5 Å². The number of benzene rings is 2. The summed E-state index contributed by atoms with van der Waals surface area (Å²) in [7, 11) is 1.41. The van der Waals surface area contributed by atoms with Crippen molar-refractivity contribution in [3.8, 4) is 0 Å². The van der Waals surface area contributed by atoms with Crippen LogP contribution in [0.2, 0.25) is 0 Å². The number of amides is 3. The molecule has 9 heteroatoms. The van der Waals surface area contributed by atoms with Crippen molar-refractivity contribution in [3.63, 3.8) is 0 Å². The minimum atomic E-state index is -0.632. The molecule has 0 aliphatic carbocycles. The Hall–Kier alpha value is -3.75. The molecule has 0 aromatic heterocycles. The van der Waals surface area contributed by atoms with Crippen LogP contribution in [0.3, 0.4) is 0 Å². The molecule has 0 radical (unpaired) electrons. The largest absolute Gasteiger partial charge is 0.332 e. The molecular weight excluding hydrogens is 376 g/mol. The summed E-state index contributed by atoms with van der Waals surface area (Å²) in [5.41, 5.74) is 0.652. The molecular formula is C20H20N4O5. The van der Waals surface area contributed by atoms with Gasteiger partial charge in [0, 0.05) is 25.6 Å². The summed E-state index contributed by atoms with van der Waals surface area (Å²) >= 11 is 0. The van der Waals surface area contributed by atoms with Gasteiger partial charge in [0.25, 0.3) is 11.6 Å².